The van der Waals surface area contributed by atoms with E-state index in [0.29, 0.717) is 18.4 Å². The molecule has 1 heterocycles. The molecule has 0 saturated carbocycles. The van der Waals surface area contributed by atoms with Crippen LogP contribution in [-0.2, 0) is 11.2 Å². The summed E-state index contributed by atoms with van der Waals surface area (Å²) in [6.07, 6.45) is 5.10. The van der Waals surface area contributed by atoms with Crippen LogP contribution in [0, 0.1) is 11.8 Å². The third kappa shape index (κ3) is 3.13. The van der Waals surface area contributed by atoms with Crippen molar-refractivity contribution in [2.45, 2.75) is 45.1 Å². The molecule has 3 nitrogen and oxygen atoms in total. The van der Waals surface area contributed by atoms with Crippen LogP contribution >= 0.6 is 0 Å². The van der Waals surface area contributed by atoms with Crippen molar-refractivity contribution in [3.05, 3.63) is 35.4 Å². The zero-order valence-electron chi connectivity index (χ0n) is 12.8. The normalized spacial score (nSPS) is 27.3. The van der Waals surface area contributed by atoms with Crippen molar-refractivity contribution in [3.8, 4) is 0 Å². The molecular weight excluding hydrogens is 262 g/mol. The lowest BCUT2D eigenvalue weighted by Gasteiger charge is -2.39. The number of rotatable bonds is 4. The van der Waals surface area contributed by atoms with Crippen LogP contribution in [0.3, 0.4) is 0 Å². The summed E-state index contributed by atoms with van der Waals surface area (Å²) in [5.74, 6) is 0.149. The second-order valence-corrected chi connectivity index (χ2v) is 6.73. The number of nitrogens with zero attached hydrogens (tertiary/aromatic N) is 1. The van der Waals surface area contributed by atoms with Gasteiger partial charge in [0.15, 0.2) is 0 Å². The Kier molecular flexibility index (Phi) is 4.29. The van der Waals surface area contributed by atoms with Crippen molar-refractivity contribution in [2.75, 3.05) is 13.1 Å². The third-order valence-corrected chi connectivity index (χ3v) is 5.33. The van der Waals surface area contributed by atoms with Gasteiger partial charge in [-0.25, -0.2) is 0 Å². The summed E-state index contributed by atoms with van der Waals surface area (Å²) in [6.45, 7) is 4.33. The Labute approximate surface area is 127 Å². The summed E-state index contributed by atoms with van der Waals surface area (Å²) in [7, 11) is 0. The van der Waals surface area contributed by atoms with E-state index in [1.165, 1.54) is 36.8 Å². The molecule has 3 atom stereocenters. The average Bonchev–Trinajstić information content (AvgIpc) is 2.90. The molecule has 1 N–H and O–H groups in total. The summed E-state index contributed by atoms with van der Waals surface area (Å²) in [4.78, 5) is 13.5. The first-order valence-electron chi connectivity index (χ1n) is 8.19. The minimum Gasteiger partial charge on any atom is -0.481 e. The molecule has 114 valence electrons. The minimum absolute atomic E-state index is 0.280. The Hall–Kier alpha value is -1.35. The first-order chi connectivity index (χ1) is 10.1. The number of hydrogen-bond acceptors (Lipinski definition) is 2. The van der Waals surface area contributed by atoms with Gasteiger partial charge in [-0.3, -0.25) is 9.69 Å². The highest BCUT2D eigenvalue weighted by Gasteiger charge is 2.33. The fraction of sp³-hybridized carbons (Fsp3) is 0.611. The van der Waals surface area contributed by atoms with Gasteiger partial charge in [-0.2, -0.15) is 0 Å². The van der Waals surface area contributed by atoms with Crippen molar-refractivity contribution >= 4 is 5.97 Å². The summed E-state index contributed by atoms with van der Waals surface area (Å²) < 4.78 is 0. The summed E-state index contributed by atoms with van der Waals surface area (Å²) in [6, 6.07) is 9.36. The fourth-order valence-corrected chi connectivity index (χ4v) is 4.14. The predicted octanol–water partition coefficient (Wildman–Crippen LogP) is 3.50. The van der Waals surface area contributed by atoms with Gasteiger partial charge in [-0.05, 0) is 55.2 Å². The molecule has 1 aromatic rings. The highest BCUT2D eigenvalue weighted by atomic mass is 16.4. The zero-order chi connectivity index (χ0) is 14.8. The van der Waals surface area contributed by atoms with Crippen LogP contribution in [0.15, 0.2) is 24.3 Å². The van der Waals surface area contributed by atoms with Crippen molar-refractivity contribution in [1.29, 1.82) is 0 Å². The fourth-order valence-electron chi connectivity index (χ4n) is 4.14. The van der Waals surface area contributed by atoms with Crippen LogP contribution in [0.4, 0.5) is 0 Å². The van der Waals surface area contributed by atoms with Gasteiger partial charge >= 0.3 is 5.97 Å². The van der Waals surface area contributed by atoms with Crippen molar-refractivity contribution in [3.63, 3.8) is 0 Å². The molecule has 2 aliphatic rings. The number of fused-ring (bicyclic) bond motifs is 1. The Morgan fingerprint density at radius 2 is 2.19 bits per heavy atom. The average molecular weight is 287 g/mol. The molecule has 1 aromatic carbocycles. The summed E-state index contributed by atoms with van der Waals surface area (Å²) in [5, 5.41) is 9.01. The van der Waals surface area contributed by atoms with E-state index in [1.807, 2.05) is 0 Å². The van der Waals surface area contributed by atoms with Crippen molar-refractivity contribution in [1.82, 2.24) is 4.90 Å². The first-order valence-corrected chi connectivity index (χ1v) is 8.19. The number of aliphatic carboxylic acids is 1. The highest BCUT2D eigenvalue weighted by Crippen LogP contribution is 2.39. The number of carboxylic acid groups (broad SMARTS) is 1. The molecule has 3 rings (SSSR count). The molecule has 3 heteroatoms. The van der Waals surface area contributed by atoms with Gasteiger partial charge < -0.3 is 5.11 Å². The molecule has 0 spiro atoms. The van der Waals surface area contributed by atoms with E-state index in [0.717, 1.165) is 13.1 Å². The second-order valence-electron chi connectivity index (χ2n) is 6.73. The van der Waals surface area contributed by atoms with E-state index in [1.54, 1.807) is 0 Å². The quantitative estimate of drug-likeness (QED) is 0.921. The number of carbonyl (C=O) groups is 1. The number of likely N-dealkylation sites (tertiary alicyclic amines) is 1. The molecule has 0 aromatic heterocycles. The van der Waals surface area contributed by atoms with Gasteiger partial charge in [0.05, 0.1) is 0 Å². The van der Waals surface area contributed by atoms with Crippen LogP contribution in [0.2, 0.25) is 0 Å². The van der Waals surface area contributed by atoms with Crippen LogP contribution < -0.4 is 0 Å². The molecule has 1 aliphatic heterocycles. The van der Waals surface area contributed by atoms with E-state index < -0.39 is 5.97 Å². The Balaban J connectivity index is 1.68. The van der Waals surface area contributed by atoms with Crippen molar-refractivity contribution < 1.29 is 9.90 Å². The Morgan fingerprint density at radius 1 is 1.38 bits per heavy atom. The van der Waals surface area contributed by atoms with E-state index >= 15 is 0 Å². The van der Waals surface area contributed by atoms with Crippen molar-refractivity contribution in [2.24, 2.45) is 11.8 Å². The predicted molar refractivity (Wildman–Crippen MR) is 83.2 cm³/mol. The molecular formula is C18H25NO2. The lowest BCUT2D eigenvalue weighted by molar-refractivity contribution is -0.138. The first kappa shape index (κ1) is 14.6. The molecule has 21 heavy (non-hydrogen) atoms. The molecule has 1 fully saturated rings. The van der Waals surface area contributed by atoms with E-state index in [9.17, 15) is 4.79 Å². The third-order valence-electron chi connectivity index (χ3n) is 5.33. The molecule has 3 unspecified atom stereocenters. The minimum atomic E-state index is -0.661. The van der Waals surface area contributed by atoms with E-state index in [4.69, 9.17) is 5.11 Å². The standard InChI is InChI=1S/C18H25NO2/c1-13(11-18(20)21)15-6-4-10-19(12-15)17-9-8-14-5-2-3-7-16(14)17/h2-3,5,7,13,15,17H,4,6,8-12H2,1H3,(H,20,21). The number of hydrogen-bond donors (Lipinski definition) is 1. The van der Waals surface area contributed by atoms with E-state index in [-0.39, 0.29) is 5.92 Å². The van der Waals surface area contributed by atoms with Gasteiger partial charge in [-0.15, -0.1) is 0 Å². The number of aryl methyl sites for hydroxylation is 1. The van der Waals surface area contributed by atoms with Gasteiger partial charge in [0, 0.05) is 19.0 Å². The van der Waals surface area contributed by atoms with E-state index in [2.05, 4.69) is 36.1 Å². The molecule has 0 bridgehead atoms. The molecule has 1 aliphatic carbocycles. The Bertz CT molecular complexity index is 514. The monoisotopic (exact) mass is 287 g/mol. The van der Waals surface area contributed by atoms with Crippen LogP contribution in [0.5, 0.6) is 0 Å². The highest BCUT2D eigenvalue weighted by molar-refractivity contribution is 5.67. The topological polar surface area (TPSA) is 40.5 Å². The Morgan fingerprint density at radius 3 is 3.00 bits per heavy atom. The molecule has 0 amide bonds. The SMILES string of the molecule is CC(CC(=O)O)C1CCCN(C2CCc3ccccc32)C1. The molecule has 0 radical (unpaired) electrons. The van der Waals surface area contributed by atoms with Crippen LogP contribution in [-0.4, -0.2) is 29.1 Å². The second kappa shape index (κ2) is 6.18. The summed E-state index contributed by atoms with van der Waals surface area (Å²) >= 11 is 0. The van der Waals surface area contributed by atoms with Gasteiger partial charge in [-0.1, -0.05) is 31.2 Å². The smallest absolute Gasteiger partial charge is 0.303 e. The summed E-state index contributed by atoms with van der Waals surface area (Å²) in [5.41, 5.74) is 3.01. The van der Waals surface area contributed by atoms with Crippen LogP contribution in [0.1, 0.15) is 49.8 Å². The van der Waals surface area contributed by atoms with Crippen LogP contribution in [0.25, 0.3) is 0 Å². The maximum absolute atomic E-state index is 10.9. The van der Waals surface area contributed by atoms with Gasteiger partial charge in [0.1, 0.15) is 0 Å². The maximum atomic E-state index is 10.9. The zero-order valence-corrected chi connectivity index (χ0v) is 12.8. The maximum Gasteiger partial charge on any atom is 0.303 e. The van der Waals surface area contributed by atoms with Gasteiger partial charge in [0.25, 0.3) is 0 Å². The lowest BCUT2D eigenvalue weighted by atomic mass is 9.84. The van der Waals surface area contributed by atoms with Gasteiger partial charge in [0.2, 0.25) is 0 Å². The molecule has 1 saturated heterocycles. The number of carboxylic acids is 1. The lowest BCUT2D eigenvalue weighted by Crippen LogP contribution is -2.40. The number of benzene rings is 1. The number of piperidine rings is 1. The largest absolute Gasteiger partial charge is 0.481 e.